The minimum atomic E-state index is -0.479. The van der Waals surface area contributed by atoms with Crippen LogP contribution in [0.2, 0.25) is 5.02 Å². The first-order chi connectivity index (χ1) is 14.1. The van der Waals surface area contributed by atoms with Crippen molar-refractivity contribution in [2.24, 2.45) is 0 Å². The molecule has 0 aliphatic rings. The van der Waals surface area contributed by atoms with Gasteiger partial charge in [-0.25, -0.2) is 9.78 Å². The van der Waals surface area contributed by atoms with Crippen molar-refractivity contribution in [1.29, 1.82) is 0 Å². The summed E-state index contributed by atoms with van der Waals surface area (Å²) in [5.41, 5.74) is 2.34. The quantitative estimate of drug-likeness (QED) is 0.458. The van der Waals surface area contributed by atoms with Gasteiger partial charge in [0.05, 0.1) is 19.4 Å². The number of carbonyl (C=O) groups excluding carboxylic acids is 1. The number of methoxy groups -OCH3 is 1. The highest BCUT2D eigenvalue weighted by atomic mass is 35.5. The fraction of sp³-hybridized carbons (Fsp3) is 0.143. The van der Waals surface area contributed by atoms with Crippen LogP contribution in [0.4, 0.5) is 0 Å². The van der Waals surface area contributed by atoms with Crippen LogP contribution in [-0.2, 0) is 4.74 Å². The Morgan fingerprint density at radius 2 is 1.93 bits per heavy atom. The van der Waals surface area contributed by atoms with Crippen molar-refractivity contribution < 1.29 is 14.3 Å². The molecule has 0 unspecified atom stereocenters. The second-order valence-corrected chi connectivity index (χ2v) is 6.56. The van der Waals surface area contributed by atoms with Crippen molar-refractivity contribution in [1.82, 2.24) is 19.6 Å². The number of benzene rings is 2. The second kappa shape index (κ2) is 7.89. The van der Waals surface area contributed by atoms with Crippen LogP contribution in [-0.4, -0.2) is 39.3 Å². The predicted octanol–water partition coefficient (Wildman–Crippen LogP) is 4.30. The molecule has 0 atom stereocenters. The van der Waals surface area contributed by atoms with Gasteiger partial charge in [-0.3, -0.25) is 0 Å². The lowest BCUT2D eigenvalue weighted by Gasteiger charge is -2.10. The Morgan fingerprint density at radius 1 is 1.14 bits per heavy atom. The Hall–Kier alpha value is -3.45. The standard InChI is InChI=1S/C21H17ClN4O3/c1-3-29-20(27)17-12-23-21-24-19(14-5-4-6-15(22)11-14)25-26(21)18(17)13-7-9-16(28-2)10-8-13/h4-12H,3H2,1-2H3. The van der Waals surface area contributed by atoms with Crippen molar-refractivity contribution in [2.75, 3.05) is 13.7 Å². The van der Waals surface area contributed by atoms with Gasteiger partial charge in [-0.15, -0.1) is 5.10 Å². The van der Waals surface area contributed by atoms with E-state index in [0.717, 1.165) is 11.1 Å². The topological polar surface area (TPSA) is 78.6 Å². The van der Waals surface area contributed by atoms with Crippen LogP contribution >= 0.6 is 11.6 Å². The molecule has 2 heterocycles. The van der Waals surface area contributed by atoms with Gasteiger partial charge in [0.15, 0.2) is 5.82 Å². The molecule has 0 fully saturated rings. The zero-order chi connectivity index (χ0) is 20.4. The van der Waals surface area contributed by atoms with Crippen LogP contribution in [0.3, 0.4) is 0 Å². The summed E-state index contributed by atoms with van der Waals surface area (Å²) >= 11 is 6.10. The number of carbonyl (C=O) groups is 1. The van der Waals surface area contributed by atoms with Crippen LogP contribution in [0.25, 0.3) is 28.4 Å². The number of ether oxygens (including phenoxy) is 2. The summed E-state index contributed by atoms with van der Waals surface area (Å²) in [6, 6.07) is 14.5. The third-order valence-corrected chi connectivity index (χ3v) is 4.54. The molecule has 29 heavy (non-hydrogen) atoms. The molecule has 4 aromatic rings. The number of halogens is 1. The summed E-state index contributed by atoms with van der Waals surface area (Å²) in [5, 5.41) is 5.17. The number of nitrogens with zero attached hydrogens (tertiary/aromatic N) is 4. The molecule has 4 rings (SSSR count). The maximum absolute atomic E-state index is 12.6. The molecule has 0 aliphatic heterocycles. The molecule has 0 amide bonds. The molecular formula is C21H17ClN4O3. The van der Waals surface area contributed by atoms with Crippen LogP contribution in [0, 0.1) is 0 Å². The van der Waals surface area contributed by atoms with E-state index in [9.17, 15) is 4.79 Å². The van der Waals surface area contributed by atoms with E-state index in [1.807, 2.05) is 36.4 Å². The molecule has 146 valence electrons. The molecule has 2 aromatic heterocycles. The number of hydrogen-bond donors (Lipinski definition) is 0. The van der Waals surface area contributed by atoms with E-state index in [1.165, 1.54) is 6.20 Å². The van der Waals surface area contributed by atoms with Crippen molar-refractivity contribution in [2.45, 2.75) is 6.92 Å². The van der Waals surface area contributed by atoms with E-state index in [4.69, 9.17) is 21.1 Å². The molecule has 0 aliphatic carbocycles. The van der Waals surface area contributed by atoms with E-state index < -0.39 is 5.97 Å². The lowest BCUT2D eigenvalue weighted by molar-refractivity contribution is 0.0526. The third kappa shape index (κ3) is 3.64. The van der Waals surface area contributed by atoms with Gasteiger partial charge in [0, 0.05) is 22.3 Å². The van der Waals surface area contributed by atoms with Crippen molar-refractivity contribution >= 4 is 23.3 Å². The predicted molar refractivity (Wildman–Crippen MR) is 109 cm³/mol. The van der Waals surface area contributed by atoms with Gasteiger partial charge in [0.2, 0.25) is 0 Å². The zero-order valence-corrected chi connectivity index (χ0v) is 16.6. The van der Waals surface area contributed by atoms with E-state index in [2.05, 4.69) is 15.1 Å². The Balaban J connectivity index is 1.94. The Labute approximate surface area is 171 Å². The van der Waals surface area contributed by atoms with E-state index in [1.54, 1.807) is 30.7 Å². The third-order valence-electron chi connectivity index (χ3n) is 4.31. The number of aromatic nitrogens is 4. The minimum Gasteiger partial charge on any atom is -0.497 e. The number of rotatable bonds is 5. The van der Waals surface area contributed by atoms with Gasteiger partial charge in [-0.2, -0.15) is 9.50 Å². The average molecular weight is 409 g/mol. The van der Waals surface area contributed by atoms with Crippen LogP contribution in [0.15, 0.2) is 54.7 Å². The summed E-state index contributed by atoms with van der Waals surface area (Å²) in [6.45, 7) is 2.01. The van der Waals surface area contributed by atoms with Gasteiger partial charge < -0.3 is 9.47 Å². The second-order valence-electron chi connectivity index (χ2n) is 6.13. The number of hydrogen-bond acceptors (Lipinski definition) is 6. The number of esters is 1. The normalized spacial score (nSPS) is 10.9. The first-order valence-corrected chi connectivity index (χ1v) is 9.31. The monoisotopic (exact) mass is 408 g/mol. The molecule has 0 N–H and O–H groups in total. The van der Waals surface area contributed by atoms with Gasteiger partial charge in [-0.05, 0) is 43.3 Å². The lowest BCUT2D eigenvalue weighted by Crippen LogP contribution is -2.11. The first kappa shape index (κ1) is 18.9. The van der Waals surface area contributed by atoms with E-state index >= 15 is 0 Å². The SMILES string of the molecule is CCOC(=O)c1cnc2nc(-c3cccc(Cl)c3)nn2c1-c1ccc(OC)cc1. The largest absolute Gasteiger partial charge is 0.497 e. The van der Waals surface area contributed by atoms with Crippen molar-refractivity contribution in [3.05, 3.63) is 65.3 Å². The minimum absolute atomic E-state index is 0.254. The maximum Gasteiger partial charge on any atom is 0.341 e. The van der Waals surface area contributed by atoms with Crippen molar-refractivity contribution in [3.8, 4) is 28.4 Å². The summed E-state index contributed by atoms with van der Waals surface area (Å²) in [4.78, 5) is 21.4. The van der Waals surface area contributed by atoms with Crippen LogP contribution in [0.5, 0.6) is 5.75 Å². The summed E-state index contributed by atoms with van der Waals surface area (Å²) < 4.78 is 12.0. The molecule has 0 radical (unpaired) electrons. The first-order valence-electron chi connectivity index (χ1n) is 8.94. The zero-order valence-electron chi connectivity index (χ0n) is 15.8. The summed E-state index contributed by atoms with van der Waals surface area (Å²) in [6.07, 6.45) is 1.46. The number of fused-ring (bicyclic) bond motifs is 1. The highest BCUT2D eigenvalue weighted by Gasteiger charge is 2.21. The molecule has 0 saturated carbocycles. The molecule has 0 saturated heterocycles. The molecule has 8 heteroatoms. The fourth-order valence-corrected chi connectivity index (χ4v) is 3.16. The van der Waals surface area contributed by atoms with Gasteiger partial charge in [-0.1, -0.05) is 23.7 Å². The lowest BCUT2D eigenvalue weighted by atomic mass is 10.1. The molecule has 7 nitrogen and oxygen atoms in total. The Morgan fingerprint density at radius 3 is 2.62 bits per heavy atom. The van der Waals surface area contributed by atoms with E-state index in [-0.39, 0.29) is 6.61 Å². The van der Waals surface area contributed by atoms with E-state index in [0.29, 0.717) is 33.6 Å². The molecule has 0 bridgehead atoms. The van der Waals surface area contributed by atoms with Crippen LogP contribution in [0.1, 0.15) is 17.3 Å². The highest BCUT2D eigenvalue weighted by Crippen LogP contribution is 2.28. The van der Waals surface area contributed by atoms with Gasteiger partial charge >= 0.3 is 5.97 Å². The Kier molecular flexibility index (Phi) is 5.14. The van der Waals surface area contributed by atoms with Crippen molar-refractivity contribution in [3.63, 3.8) is 0 Å². The van der Waals surface area contributed by atoms with Gasteiger partial charge in [0.25, 0.3) is 5.78 Å². The maximum atomic E-state index is 12.6. The van der Waals surface area contributed by atoms with Gasteiger partial charge in [0.1, 0.15) is 11.3 Å². The fourth-order valence-electron chi connectivity index (χ4n) is 2.97. The highest BCUT2D eigenvalue weighted by molar-refractivity contribution is 6.30. The average Bonchev–Trinajstić information content (AvgIpc) is 3.18. The smallest absolute Gasteiger partial charge is 0.341 e. The Bertz CT molecular complexity index is 1190. The van der Waals surface area contributed by atoms with Crippen LogP contribution < -0.4 is 4.74 Å². The summed E-state index contributed by atoms with van der Waals surface area (Å²) in [5.74, 6) is 1.04. The molecule has 2 aromatic carbocycles. The summed E-state index contributed by atoms with van der Waals surface area (Å²) in [7, 11) is 1.60. The molecular weight excluding hydrogens is 392 g/mol. The molecule has 0 spiro atoms.